The number of carboxylic acid groups (broad SMARTS) is 1. The molecule has 0 aliphatic rings. The number of esters is 2. The molecule has 2 N–H and O–H groups in total. The number of hydrogen-bond acceptors (Lipinski definition) is 5. The lowest BCUT2D eigenvalue weighted by Crippen LogP contribution is -2.03. The highest BCUT2D eigenvalue weighted by molar-refractivity contribution is 6.06. The number of aromatic amines is 1. The van der Waals surface area contributed by atoms with Crippen molar-refractivity contribution in [2.24, 2.45) is 0 Å². The maximum absolute atomic E-state index is 11.7. The first-order chi connectivity index (χ1) is 10.3. The minimum Gasteiger partial charge on any atom is -0.481 e. The summed E-state index contributed by atoms with van der Waals surface area (Å²) in [7, 11) is 1.33. The number of carbonyl (C=O) groups is 3. The van der Waals surface area contributed by atoms with E-state index >= 15 is 0 Å². The number of methoxy groups -OCH3 is 1. The fourth-order valence-electron chi connectivity index (χ4n) is 1.90. The van der Waals surface area contributed by atoms with E-state index in [1.54, 1.807) is 25.1 Å². The fraction of sp³-hybridized carbons (Fsp3) is 0.267. The van der Waals surface area contributed by atoms with E-state index in [2.05, 4.69) is 4.98 Å². The third-order valence-corrected chi connectivity index (χ3v) is 2.61. The normalized spacial score (nSPS) is 9.64. The number of rotatable bonds is 2. The third-order valence-electron chi connectivity index (χ3n) is 2.61. The number of H-pyrrole nitrogens is 1. The molecule has 7 heteroatoms. The highest BCUT2D eigenvalue weighted by atomic mass is 16.5. The molecule has 22 heavy (non-hydrogen) atoms. The average Bonchev–Trinajstić information content (AvgIpc) is 2.72. The Bertz CT molecular complexity index is 712. The van der Waals surface area contributed by atoms with E-state index < -0.39 is 17.9 Å². The second kappa shape index (κ2) is 7.26. The molecule has 2 rings (SSSR count). The lowest BCUT2D eigenvalue weighted by atomic mass is 10.1. The van der Waals surface area contributed by atoms with Crippen molar-refractivity contribution in [3.8, 4) is 5.75 Å². The van der Waals surface area contributed by atoms with Crippen LogP contribution in [0.5, 0.6) is 5.75 Å². The first-order valence-electron chi connectivity index (χ1n) is 6.34. The summed E-state index contributed by atoms with van der Waals surface area (Å²) < 4.78 is 9.73. The summed E-state index contributed by atoms with van der Waals surface area (Å²) in [6, 6.07) is 5.07. The second-order valence-corrected chi connectivity index (χ2v) is 4.44. The first kappa shape index (κ1) is 17.2. The molecule has 1 heterocycles. The van der Waals surface area contributed by atoms with E-state index in [1.807, 2.05) is 0 Å². The van der Waals surface area contributed by atoms with Crippen molar-refractivity contribution in [2.45, 2.75) is 20.8 Å². The van der Waals surface area contributed by atoms with Gasteiger partial charge in [-0.1, -0.05) is 0 Å². The van der Waals surface area contributed by atoms with Crippen LogP contribution in [0.15, 0.2) is 18.2 Å². The van der Waals surface area contributed by atoms with Crippen LogP contribution >= 0.6 is 0 Å². The van der Waals surface area contributed by atoms with Gasteiger partial charge in [-0.2, -0.15) is 0 Å². The Morgan fingerprint density at radius 1 is 1.18 bits per heavy atom. The molecule has 0 aliphatic heterocycles. The minimum absolute atomic E-state index is 0.402. The molecule has 0 fully saturated rings. The summed E-state index contributed by atoms with van der Waals surface area (Å²) in [5, 5.41) is 8.10. The van der Waals surface area contributed by atoms with Gasteiger partial charge in [0.1, 0.15) is 5.75 Å². The predicted molar refractivity (Wildman–Crippen MR) is 79.0 cm³/mol. The Balaban J connectivity index is 0.000000541. The molecule has 0 unspecified atom stereocenters. The number of hydrogen-bond donors (Lipinski definition) is 2. The van der Waals surface area contributed by atoms with Crippen LogP contribution < -0.4 is 4.74 Å². The molecule has 0 spiro atoms. The largest absolute Gasteiger partial charge is 0.481 e. The molecular weight excluding hydrogens is 290 g/mol. The van der Waals surface area contributed by atoms with E-state index in [0.717, 1.165) is 18.1 Å². The molecule has 0 atom stereocenters. The van der Waals surface area contributed by atoms with Crippen LogP contribution in [0, 0.1) is 6.92 Å². The highest BCUT2D eigenvalue weighted by Crippen LogP contribution is 2.27. The zero-order chi connectivity index (χ0) is 16.9. The van der Waals surface area contributed by atoms with Crippen LogP contribution in [0.2, 0.25) is 0 Å². The molecule has 0 saturated carbocycles. The standard InChI is InChI=1S/C13H13NO4.C2H4O2/c1-7-12(13(16)17-3)10-6-9(18-8(2)15)4-5-11(10)14-7;1-2(3)4/h4-6,14H,1-3H3;1H3,(H,3,4). The molecule has 0 radical (unpaired) electrons. The van der Waals surface area contributed by atoms with Crippen LogP contribution in [-0.4, -0.2) is 35.1 Å². The minimum atomic E-state index is -0.833. The van der Waals surface area contributed by atoms with Gasteiger partial charge in [-0.05, 0) is 25.1 Å². The summed E-state index contributed by atoms with van der Waals surface area (Å²) in [5.41, 5.74) is 1.97. The quantitative estimate of drug-likeness (QED) is 0.651. The SMILES string of the molecule is CC(=O)O.COC(=O)c1c(C)[nH]c2ccc(OC(C)=O)cc12. The first-order valence-corrected chi connectivity index (χ1v) is 6.34. The number of aromatic nitrogens is 1. The third kappa shape index (κ3) is 4.34. The van der Waals surface area contributed by atoms with E-state index in [9.17, 15) is 9.59 Å². The van der Waals surface area contributed by atoms with Gasteiger partial charge in [0.15, 0.2) is 0 Å². The van der Waals surface area contributed by atoms with Gasteiger partial charge in [0.05, 0.1) is 12.7 Å². The predicted octanol–water partition coefficient (Wildman–Crippen LogP) is 2.28. The molecule has 1 aromatic carbocycles. The molecule has 0 saturated heterocycles. The second-order valence-electron chi connectivity index (χ2n) is 4.44. The van der Waals surface area contributed by atoms with Gasteiger partial charge in [0.25, 0.3) is 5.97 Å². The number of nitrogens with one attached hydrogen (secondary N) is 1. The van der Waals surface area contributed by atoms with Gasteiger partial charge >= 0.3 is 11.9 Å². The van der Waals surface area contributed by atoms with Crippen molar-refractivity contribution < 1.29 is 29.0 Å². The molecule has 7 nitrogen and oxygen atoms in total. The van der Waals surface area contributed by atoms with Crippen molar-refractivity contribution in [1.29, 1.82) is 0 Å². The zero-order valence-corrected chi connectivity index (χ0v) is 12.7. The molecule has 1 aromatic heterocycles. The lowest BCUT2D eigenvalue weighted by Gasteiger charge is -2.02. The number of benzene rings is 1. The van der Waals surface area contributed by atoms with Gasteiger partial charge in [-0.15, -0.1) is 0 Å². The number of carbonyl (C=O) groups excluding carboxylic acids is 2. The van der Waals surface area contributed by atoms with Crippen LogP contribution in [0.4, 0.5) is 0 Å². The van der Waals surface area contributed by atoms with Crippen LogP contribution in [0.25, 0.3) is 10.9 Å². The number of carboxylic acids is 1. The monoisotopic (exact) mass is 307 g/mol. The number of aryl methyl sites for hydroxylation is 1. The molecule has 0 amide bonds. The van der Waals surface area contributed by atoms with Crippen LogP contribution in [0.1, 0.15) is 29.9 Å². The van der Waals surface area contributed by atoms with Crippen molar-refractivity contribution in [3.63, 3.8) is 0 Å². The molecule has 0 bridgehead atoms. The highest BCUT2D eigenvalue weighted by Gasteiger charge is 2.17. The maximum atomic E-state index is 11.7. The Labute approximate surface area is 126 Å². The summed E-state index contributed by atoms with van der Waals surface area (Å²) in [5.74, 6) is -1.25. The maximum Gasteiger partial charge on any atom is 0.340 e. The summed E-state index contributed by atoms with van der Waals surface area (Å²) in [4.78, 5) is 34.7. The van der Waals surface area contributed by atoms with E-state index in [-0.39, 0.29) is 0 Å². The fourth-order valence-corrected chi connectivity index (χ4v) is 1.90. The summed E-state index contributed by atoms with van der Waals surface area (Å²) in [6.07, 6.45) is 0. The van der Waals surface area contributed by atoms with Crippen molar-refractivity contribution in [3.05, 3.63) is 29.5 Å². The van der Waals surface area contributed by atoms with Crippen molar-refractivity contribution >= 4 is 28.8 Å². The van der Waals surface area contributed by atoms with Gasteiger partial charge < -0.3 is 19.6 Å². The van der Waals surface area contributed by atoms with Crippen LogP contribution in [0.3, 0.4) is 0 Å². The molecular formula is C15H17NO6. The Hall–Kier alpha value is -2.83. The molecule has 0 aliphatic carbocycles. The Kier molecular flexibility index (Phi) is 5.68. The van der Waals surface area contributed by atoms with E-state index in [4.69, 9.17) is 19.4 Å². The summed E-state index contributed by atoms with van der Waals surface area (Å²) in [6.45, 7) is 4.20. The smallest absolute Gasteiger partial charge is 0.340 e. The van der Waals surface area contributed by atoms with E-state index in [0.29, 0.717) is 16.7 Å². The molecule has 118 valence electrons. The van der Waals surface area contributed by atoms with Crippen molar-refractivity contribution in [1.82, 2.24) is 4.98 Å². The Morgan fingerprint density at radius 2 is 1.77 bits per heavy atom. The van der Waals surface area contributed by atoms with E-state index in [1.165, 1.54) is 14.0 Å². The summed E-state index contributed by atoms with van der Waals surface area (Å²) >= 11 is 0. The number of aliphatic carboxylic acids is 1. The number of ether oxygens (including phenoxy) is 2. The molecule has 2 aromatic rings. The average molecular weight is 307 g/mol. The van der Waals surface area contributed by atoms with Crippen molar-refractivity contribution in [2.75, 3.05) is 7.11 Å². The lowest BCUT2D eigenvalue weighted by molar-refractivity contribution is -0.134. The van der Waals surface area contributed by atoms with Gasteiger partial charge in [0.2, 0.25) is 0 Å². The Morgan fingerprint density at radius 3 is 2.27 bits per heavy atom. The number of fused-ring (bicyclic) bond motifs is 1. The zero-order valence-electron chi connectivity index (χ0n) is 12.7. The van der Waals surface area contributed by atoms with Gasteiger partial charge in [0, 0.05) is 30.4 Å². The topological polar surface area (TPSA) is 106 Å². The van der Waals surface area contributed by atoms with Gasteiger partial charge in [-0.3, -0.25) is 9.59 Å². The van der Waals surface area contributed by atoms with Crippen LogP contribution in [-0.2, 0) is 14.3 Å². The van der Waals surface area contributed by atoms with Gasteiger partial charge in [-0.25, -0.2) is 4.79 Å².